The molecule has 2 aromatic carbocycles. The van der Waals surface area contributed by atoms with Gasteiger partial charge in [0.15, 0.2) is 5.17 Å². The number of hydrogen-bond donors (Lipinski definition) is 2. The molecular formula is C28H29Cl2FN4O3S. The highest BCUT2D eigenvalue weighted by molar-refractivity contribution is 8.18. The monoisotopic (exact) mass is 590 g/mol. The second-order valence-electron chi connectivity index (χ2n) is 10.7. The first-order valence-electron chi connectivity index (χ1n) is 12.7. The summed E-state index contributed by atoms with van der Waals surface area (Å²) < 4.78 is 14.8. The minimum absolute atomic E-state index is 0.00403. The smallest absolute Gasteiger partial charge is 0.326 e. The van der Waals surface area contributed by atoms with Gasteiger partial charge in [-0.3, -0.25) is 4.79 Å². The molecule has 3 heterocycles. The zero-order valence-corrected chi connectivity index (χ0v) is 24.2. The Balaban J connectivity index is 1.67. The molecule has 3 aliphatic heterocycles. The van der Waals surface area contributed by atoms with Crippen LogP contribution in [0.3, 0.4) is 0 Å². The van der Waals surface area contributed by atoms with Gasteiger partial charge in [0.05, 0.1) is 21.8 Å². The largest absolute Gasteiger partial charge is 0.480 e. The quantitative estimate of drug-likeness (QED) is 0.390. The number of carbonyl (C=O) groups is 2. The highest BCUT2D eigenvalue weighted by Gasteiger charge is 2.54. The molecule has 5 rings (SSSR count). The number of nitrogens with zero attached hydrogens (tertiary/aromatic N) is 3. The number of halogens is 3. The van der Waals surface area contributed by atoms with Crippen LogP contribution in [0.4, 0.5) is 10.1 Å². The Morgan fingerprint density at radius 1 is 1.18 bits per heavy atom. The highest BCUT2D eigenvalue weighted by atomic mass is 35.5. The van der Waals surface area contributed by atoms with E-state index < -0.39 is 29.4 Å². The van der Waals surface area contributed by atoms with Crippen LogP contribution in [0.1, 0.15) is 57.7 Å². The average molecular weight is 592 g/mol. The van der Waals surface area contributed by atoms with Gasteiger partial charge in [0, 0.05) is 11.7 Å². The number of amidine groups is 1. The average Bonchev–Trinajstić information content (AvgIpc) is 3.51. The van der Waals surface area contributed by atoms with Gasteiger partial charge in [0.1, 0.15) is 22.3 Å². The minimum atomic E-state index is -1.01. The second kappa shape index (κ2) is 10.0. The Bertz CT molecular complexity index is 1450. The number of hydrogen-bond acceptors (Lipinski definition) is 6. The lowest BCUT2D eigenvalue weighted by Crippen LogP contribution is -2.44. The van der Waals surface area contributed by atoms with Crippen molar-refractivity contribution >= 4 is 57.7 Å². The van der Waals surface area contributed by atoms with E-state index in [0.717, 1.165) is 11.3 Å². The van der Waals surface area contributed by atoms with Crippen LogP contribution in [0.2, 0.25) is 10.0 Å². The lowest BCUT2D eigenvalue weighted by molar-refractivity contribution is -0.147. The Morgan fingerprint density at radius 3 is 2.49 bits per heavy atom. The Morgan fingerprint density at radius 2 is 1.87 bits per heavy atom. The molecule has 0 aliphatic carbocycles. The Kier molecular flexibility index (Phi) is 7.14. The number of nitrogens with two attached hydrogens (primary N) is 1. The number of carboxylic acid groups (broad SMARTS) is 1. The van der Waals surface area contributed by atoms with E-state index in [1.54, 1.807) is 18.2 Å². The van der Waals surface area contributed by atoms with E-state index in [2.05, 4.69) is 0 Å². The second-order valence-corrected chi connectivity index (χ2v) is 12.5. The van der Waals surface area contributed by atoms with Crippen molar-refractivity contribution in [2.75, 3.05) is 5.73 Å². The van der Waals surface area contributed by atoms with Crippen molar-refractivity contribution in [3.05, 3.63) is 74.0 Å². The van der Waals surface area contributed by atoms with Crippen molar-refractivity contribution in [2.24, 2.45) is 10.9 Å². The van der Waals surface area contributed by atoms with Gasteiger partial charge < -0.3 is 20.6 Å². The molecule has 0 bridgehead atoms. The normalized spacial score (nSPS) is 26.5. The zero-order chi connectivity index (χ0) is 28.4. The van der Waals surface area contributed by atoms with Gasteiger partial charge in [0.2, 0.25) is 0 Å². The number of amides is 1. The van der Waals surface area contributed by atoms with Crippen LogP contribution < -0.4 is 5.73 Å². The third-order valence-corrected chi connectivity index (χ3v) is 9.49. The number of nitrogen functional groups attached to an aromatic ring is 1. The highest BCUT2D eigenvalue weighted by Crippen LogP contribution is 2.57. The van der Waals surface area contributed by atoms with Crippen LogP contribution in [0.5, 0.6) is 0 Å². The molecule has 3 aliphatic rings. The first kappa shape index (κ1) is 27.8. The van der Waals surface area contributed by atoms with Crippen molar-refractivity contribution in [3.63, 3.8) is 0 Å². The molecule has 7 nitrogen and oxygen atoms in total. The fourth-order valence-corrected chi connectivity index (χ4v) is 7.45. The fraction of sp³-hybridized carbons (Fsp3) is 0.393. The SMILES string of the molecule is CC(C)C1=C(C(=O)N2[C@H](C)CC[C@H]2C(=O)O)SC2=N[C@@](C)(c3ccc(Cl)c(N)c3)[C@@H](c3ccc(Cl)c(F)c3)N21. The van der Waals surface area contributed by atoms with Crippen molar-refractivity contribution in [1.29, 1.82) is 0 Å². The summed E-state index contributed by atoms with van der Waals surface area (Å²) in [5, 5.41) is 10.8. The summed E-state index contributed by atoms with van der Waals surface area (Å²) in [7, 11) is 0. The number of rotatable bonds is 5. The molecule has 4 atom stereocenters. The number of aliphatic imine (C=N–C) groups is 1. The first-order valence-corrected chi connectivity index (χ1v) is 14.3. The molecule has 1 amide bonds. The number of benzene rings is 2. The lowest BCUT2D eigenvalue weighted by Gasteiger charge is -2.37. The van der Waals surface area contributed by atoms with E-state index in [-0.39, 0.29) is 22.9 Å². The van der Waals surface area contributed by atoms with E-state index in [0.29, 0.717) is 39.2 Å². The number of carbonyl (C=O) groups excluding carboxylic acids is 1. The standard InChI is InChI=1S/C28H29Cl2FN4O3S/c1-13(2)22-23(25(36)34-14(3)5-10-21(34)26(37)38)39-27-33-28(4,16-7-9-18(30)20(32)12-16)24(35(22)27)15-6-8-17(29)19(31)11-15/h6-9,11-14,21,24H,5,10,32H2,1-4H3,(H,37,38)/t14-,21+,24-,28+/m1/s1. The molecule has 0 aromatic heterocycles. The minimum Gasteiger partial charge on any atom is -0.480 e. The molecule has 39 heavy (non-hydrogen) atoms. The summed E-state index contributed by atoms with van der Waals surface area (Å²) in [6.07, 6.45) is 1.02. The molecule has 0 saturated carbocycles. The third kappa shape index (κ3) is 4.48. The van der Waals surface area contributed by atoms with Gasteiger partial charge in [-0.15, -0.1) is 0 Å². The van der Waals surface area contributed by atoms with E-state index in [1.165, 1.54) is 28.8 Å². The molecule has 2 aromatic rings. The van der Waals surface area contributed by atoms with E-state index in [1.807, 2.05) is 38.7 Å². The van der Waals surface area contributed by atoms with Crippen molar-refractivity contribution in [3.8, 4) is 0 Å². The van der Waals surface area contributed by atoms with Gasteiger partial charge in [-0.2, -0.15) is 0 Å². The molecule has 206 valence electrons. The number of anilines is 1. The fourth-order valence-electron chi connectivity index (χ4n) is 5.86. The number of aliphatic carboxylic acids is 1. The number of fused-ring (bicyclic) bond motifs is 1. The maximum atomic E-state index is 14.8. The summed E-state index contributed by atoms with van der Waals surface area (Å²) in [5.41, 5.74) is 7.77. The Hall–Kier alpha value is -2.75. The maximum Gasteiger partial charge on any atom is 0.326 e. The molecule has 1 saturated heterocycles. The molecule has 0 unspecified atom stereocenters. The molecule has 1 fully saturated rings. The summed E-state index contributed by atoms with van der Waals surface area (Å²) >= 11 is 13.5. The topological polar surface area (TPSA) is 99.2 Å². The molecule has 0 spiro atoms. The van der Waals surface area contributed by atoms with E-state index >= 15 is 0 Å². The molecule has 11 heteroatoms. The van der Waals surface area contributed by atoms with Crippen LogP contribution in [0.15, 0.2) is 52.0 Å². The first-order chi connectivity index (χ1) is 18.3. The van der Waals surface area contributed by atoms with Crippen LogP contribution in [0.25, 0.3) is 0 Å². The van der Waals surface area contributed by atoms with Crippen molar-refractivity contribution in [2.45, 2.75) is 64.2 Å². The van der Waals surface area contributed by atoms with Crippen LogP contribution in [0, 0.1) is 11.7 Å². The molecular weight excluding hydrogens is 562 g/mol. The van der Waals surface area contributed by atoms with Crippen LogP contribution in [-0.4, -0.2) is 44.0 Å². The van der Waals surface area contributed by atoms with E-state index in [4.69, 9.17) is 33.9 Å². The zero-order valence-electron chi connectivity index (χ0n) is 21.9. The number of thioether (sulfide) groups is 1. The summed E-state index contributed by atoms with van der Waals surface area (Å²) in [6, 6.07) is 8.37. The predicted molar refractivity (Wildman–Crippen MR) is 153 cm³/mol. The number of carboxylic acids is 1. The van der Waals surface area contributed by atoms with Gasteiger partial charge in [-0.1, -0.05) is 49.2 Å². The maximum absolute atomic E-state index is 14.8. The van der Waals surface area contributed by atoms with Crippen molar-refractivity contribution in [1.82, 2.24) is 9.80 Å². The summed E-state index contributed by atoms with van der Waals surface area (Å²) in [6.45, 7) is 7.77. The Labute approximate surface area is 240 Å². The lowest BCUT2D eigenvalue weighted by atomic mass is 9.81. The molecule has 3 N–H and O–H groups in total. The van der Waals surface area contributed by atoms with Crippen LogP contribution in [-0.2, 0) is 15.1 Å². The van der Waals surface area contributed by atoms with Gasteiger partial charge >= 0.3 is 5.97 Å². The summed E-state index contributed by atoms with van der Waals surface area (Å²) in [5.74, 6) is -2.02. The van der Waals surface area contributed by atoms with Crippen LogP contribution >= 0.6 is 35.0 Å². The summed E-state index contributed by atoms with van der Waals surface area (Å²) in [4.78, 5) is 35.0. The van der Waals surface area contributed by atoms with Gasteiger partial charge in [-0.05, 0) is 79.8 Å². The van der Waals surface area contributed by atoms with Gasteiger partial charge in [0.25, 0.3) is 5.91 Å². The number of likely N-dealkylation sites (tertiary alicyclic amines) is 1. The van der Waals surface area contributed by atoms with Crippen molar-refractivity contribution < 1.29 is 19.1 Å². The number of allylic oxidation sites excluding steroid dienone is 1. The van der Waals surface area contributed by atoms with Gasteiger partial charge in [-0.25, -0.2) is 14.2 Å². The third-order valence-electron chi connectivity index (χ3n) is 7.78. The van der Waals surface area contributed by atoms with E-state index in [9.17, 15) is 19.1 Å². The predicted octanol–water partition coefficient (Wildman–Crippen LogP) is 6.42. The molecule has 0 radical (unpaired) electrons.